The van der Waals surface area contributed by atoms with Crippen LogP contribution in [0.5, 0.6) is 0 Å². The molecule has 0 aliphatic carbocycles. The Hall–Kier alpha value is -1.66. The number of aromatic nitrogens is 1. The second kappa shape index (κ2) is 8.15. The van der Waals surface area contributed by atoms with Crippen molar-refractivity contribution in [3.8, 4) is 0 Å². The van der Waals surface area contributed by atoms with Crippen molar-refractivity contribution in [2.45, 2.75) is 52.4 Å². The average molecular weight is 368 g/mol. The summed E-state index contributed by atoms with van der Waals surface area (Å²) in [6, 6.07) is 6.50. The van der Waals surface area contributed by atoms with E-state index >= 15 is 0 Å². The van der Waals surface area contributed by atoms with E-state index in [1.165, 1.54) is 0 Å². The van der Waals surface area contributed by atoms with E-state index in [4.69, 9.17) is 9.05 Å². The molecule has 138 valence electrons. The van der Waals surface area contributed by atoms with Crippen molar-refractivity contribution in [2.75, 3.05) is 0 Å². The summed E-state index contributed by atoms with van der Waals surface area (Å²) in [6.07, 6.45) is 1.16. The van der Waals surface area contributed by atoms with E-state index in [0.29, 0.717) is 0 Å². The van der Waals surface area contributed by atoms with Gasteiger partial charge in [0.1, 0.15) is 6.04 Å². The number of benzene rings is 1. The molecule has 2 rings (SSSR count). The quantitative estimate of drug-likeness (QED) is 0.583. The SMILES string of the molecule is CC(C)OP(=O)(NC(Cc1c[nH]c2ccccc12)C(=O)O)OC(C)C. The number of fused-ring (bicyclic) bond motifs is 1. The lowest BCUT2D eigenvalue weighted by atomic mass is 10.1. The van der Waals surface area contributed by atoms with Crippen LogP contribution in [0.15, 0.2) is 30.5 Å². The number of hydrogen-bond donors (Lipinski definition) is 3. The Kier molecular flexibility index (Phi) is 6.41. The van der Waals surface area contributed by atoms with Gasteiger partial charge in [-0.15, -0.1) is 0 Å². The molecule has 1 aromatic heterocycles. The van der Waals surface area contributed by atoms with Crippen LogP contribution in [0.2, 0.25) is 0 Å². The molecule has 7 nitrogen and oxygen atoms in total. The molecule has 0 aliphatic rings. The van der Waals surface area contributed by atoms with Crippen LogP contribution in [0.4, 0.5) is 0 Å². The van der Waals surface area contributed by atoms with Crippen molar-refractivity contribution in [3.63, 3.8) is 0 Å². The maximum Gasteiger partial charge on any atom is 0.406 e. The third-order valence-corrected chi connectivity index (χ3v) is 5.44. The second-order valence-corrected chi connectivity index (χ2v) is 8.06. The summed E-state index contributed by atoms with van der Waals surface area (Å²) in [4.78, 5) is 14.8. The van der Waals surface area contributed by atoms with Gasteiger partial charge < -0.3 is 10.1 Å². The van der Waals surface area contributed by atoms with Crippen molar-refractivity contribution < 1.29 is 23.5 Å². The first-order chi connectivity index (χ1) is 11.7. The van der Waals surface area contributed by atoms with Gasteiger partial charge in [-0.3, -0.25) is 13.8 Å². The highest BCUT2D eigenvalue weighted by Gasteiger charge is 2.34. The topological polar surface area (TPSA) is 101 Å². The van der Waals surface area contributed by atoms with E-state index in [1.54, 1.807) is 33.9 Å². The molecule has 25 heavy (non-hydrogen) atoms. The lowest BCUT2D eigenvalue weighted by Gasteiger charge is -2.26. The molecule has 0 amide bonds. The van der Waals surface area contributed by atoms with Crippen molar-refractivity contribution in [3.05, 3.63) is 36.0 Å². The van der Waals surface area contributed by atoms with Crippen LogP contribution in [0.25, 0.3) is 10.9 Å². The third-order valence-electron chi connectivity index (χ3n) is 3.41. The number of hydrogen-bond acceptors (Lipinski definition) is 4. The minimum atomic E-state index is -3.76. The monoisotopic (exact) mass is 368 g/mol. The number of carboxylic acids is 1. The summed E-state index contributed by atoms with van der Waals surface area (Å²) >= 11 is 0. The van der Waals surface area contributed by atoms with Crippen molar-refractivity contribution in [1.82, 2.24) is 10.1 Å². The van der Waals surface area contributed by atoms with Gasteiger partial charge in [-0.05, 0) is 39.3 Å². The Morgan fingerprint density at radius 2 is 1.80 bits per heavy atom. The first-order valence-corrected chi connectivity index (χ1v) is 9.77. The van der Waals surface area contributed by atoms with Crippen LogP contribution in [0, 0.1) is 0 Å². The molecule has 1 unspecified atom stereocenters. The van der Waals surface area contributed by atoms with E-state index in [0.717, 1.165) is 16.5 Å². The minimum Gasteiger partial charge on any atom is -0.480 e. The van der Waals surface area contributed by atoms with Gasteiger partial charge >= 0.3 is 13.7 Å². The lowest BCUT2D eigenvalue weighted by molar-refractivity contribution is -0.139. The smallest absolute Gasteiger partial charge is 0.406 e. The Bertz CT molecular complexity index is 757. The number of aliphatic carboxylic acids is 1. The molecule has 8 heteroatoms. The molecule has 0 saturated heterocycles. The van der Waals surface area contributed by atoms with Crippen molar-refractivity contribution in [1.29, 1.82) is 0 Å². The van der Waals surface area contributed by atoms with Crippen LogP contribution >= 0.6 is 7.75 Å². The molecule has 2 aromatic rings. The van der Waals surface area contributed by atoms with Crippen LogP contribution in [-0.4, -0.2) is 34.3 Å². The van der Waals surface area contributed by atoms with Crippen molar-refractivity contribution >= 4 is 24.6 Å². The summed E-state index contributed by atoms with van der Waals surface area (Å²) in [5, 5.41) is 13.1. The highest BCUT2D eigenvalue weighted by molar-refractivity contribution is 7.51. The predicted molar refractivity (Wildman–Crippen MR) is 96.6 cm³/mol. The highest BCUT2D eigenvalue weighted by atomic mass is 31.2. The number of aromatic amines is 1. The van der Waals surface area contributed by atoms with E-state index in [1.807, 2.05) is 24.3 Å². The fourth-order valence-corrected chi connectivity index (χ4v) is 4.41. The second-order valence-electron chi connectivity index (χ2n) is 6.39. The number of carboxylic acid groups (broad SMARTS) is 1. The van der Waals surface area contributed by atoms with Gasteiger partial charge in [0.05, 0.1) is 12.2 Å². The molecular formula is C17H25N2O5P. The van der Waals surface area contributed by atoms with Crippen LogP contribution in [0.3, 0.4) is 0 Å². The maximum absolute atomic E-state index is 12.9. The molecule has 0 saturated carbocycles. The molecule has 1 aromatic carbocycles. The fourth-order valence-electron chi connectivity index (χ4n) is 2.54. The Balaban J connectivity index is 2.24. The highest BCUT2D eigenvalue weighted by Crippen LogP contribution is 2.47. The maximum atomic E-state index is 12.9. The number of rotatable bonds is 9. The first kappa shape index (κ1) is 19.7. The van der Waals surface area contributed by atoms with Gasteiger partial charge in [0, 0.05) is 23.5 Å². The van der Waals surface area contributed by atoms with Crippen LogP contribution in [0.1, 0.15) is 33.3 Å². The lowest BCUT2D eigenvalue weighted by Crippen LogP contribution is -2.38. The summed E-state index contributed by atoms with van der Waals surface area (Å²) in [7, 11) is -3.76. The zero-order valence-corrected chi connectivity index (χ0v) is 15.7. The van der Waals surface area contributed by atoms with E-state index < -0.39 is 19.8 Å². The van der Waals surface area contributed by atoms with E-state index in [-0.39, 0.29) is 18.6 Å². The molecular weight excluding hydrogens is 343 g/mol. The van der Waals surface area contributed by atoms with Gasteiger partial charge in [0.2, 0.25) is 0 Å². The third kappa shape index (κ3) is 5.41. The van der Waals surface area contributed by atoms with Crippen molar-refractivity contribution in [2.24, 2.45) is 0 Å². The number of carbonyl (C=O) groups is 1. The predicted octanol–water partition coefficient (Wildman–Crippen LogP) is 3.71. The minimum absolute atomic E-state index is 0.145. The Labute approximate surface area is 147 Å². The number of H-pyrrole nitrogens is 1. The summed E-state index contributed by atoms with van der Waals surface area (Å²) < 4.78 is 23.7. The first-order valence-electron chi connectivity index (χ1n) is 8.22. The number of para-hydroxylation sites is 1. The molecule has 3 N–H and O–H groups in total. The zero-order chi connectivity index (χ0) is 18.6. The molecule has 0 bridgehead atoms. The van der Waals surface area contributed by atoms with Gasteiger partial charge in [-0.2, -0.15) is 0 Å². The molecule has 0 spiro atoms. The molecule has 1 atom stereocenters. The van der Waals surface area contributed by atoms with Gasteiger partial charge in [-0.1, -0.05) is 18.2 Å². The summed E-state index contributed by atoms with van der Waals surface area (Å²) in [5.41, 5.74) is 1.73. The van der Waals surface area contributed by atoms with Gasteiger partial charge in [0.15, 0.2) is 0 Å². The molecule has 1 heterocycles. The average Bonchev–Trinajstić information content (AvgIpc) is 2.88. The zero-order valence-electron chi connectivity index (χ0n) is 14.9. The standard InChI is InChI=1S/C17H25N2O5P/c1-11(2)23-25(22,24-12(3)4)19-16(17(20)21)9-13-10-18-15-8-6-5-7-14(13)15/h5-8,10-12,16,18H,9H2,1-4H3,(H,19,22)(H,20,21). The van der Waals surface area contributed by atoms with Gasteiger partial charge in [0.25, 0.3) is 0 Å². The fraction of sp³-hybridized carbons (Fsp3) is 0.471. The van der Waals surface area contributed by atoms with E-state index in [9.17, 15) is 14.5 Å². The van der Waals surface area contributed by atoms with Crippen LogP contribution < -0.4 is 5.09 Å². The normalized spacial score (nSPS) is 13.7. The van der Waals surface area contributed by atoms with Gasteiger partial charge in [-0.25, -0.2) is 9.65 Å². The Morgan fingerprint density at radius 3 is 2.36 bits per heavy atom. The Morgan fingerprint density at radius 1 is 1.20 bits per heavy atom. The summed E-state index contributed by atoms with van der Waals surface area (Å²) in [6.45, 7) is 6.86. The van der Waals surface area contributed by atoms with E-state index in [2.05, 4.69) is 10.1 Å². The number of nitrogens with one attached hydrogen (secondary N) is 2. The van der Waals surface area contributed by atoms with Crippen LogP contribution in [-0.2, 0) is 24.8 Å². The molecule has 0 fully saturated rings. The summed E-state index contributed by atoms with van der Waals surface area (Å²) in [5.74, 6) is -1.12. The molecule has 0 aliphatic heterocycles. The molecule has 0 radical (unpaired) electrons. The largest absolute Gasteiger partial charge is 0.480 e.